The lowest BCUT2D eigenvalue weighted by atomic mass is 9.85. The number of nitrogens with two attached hydrogens (primary N) is 1. The van der Waals surface area contributed by atoms with Gasteiger partial charge in [-0.15, -0.1) is 0 Å². The van der Waals surface area contributed by atoms with Crippen LogP contribution in [0.2, 0.25) is 0 Å². The number of nitrogens with zero attached hydrogens (tertiary/aromatic N) is 1. The lowest BCUT2D eigenvalue weighted by Crippen LogP contribution is -2.46. The molecule has 2 aliphatic heterocycles. The highest BCUT2D eigenvalue weighted by Gasteiger charge is 2.35. The first-order valence-corrected chi connectivity index (χ1v) is 6.07. The normalized spacial score (nSPS) is 29.6. The van der Waals surface area contributed by atoms with Crippen LogP contribution in [0.4, 0.5) is 5.69 Å². The van der Waals surface area contributed by atoms with Gasteiger partial charge in [0.1, 0.15) is 0 Å². The Morgan fingerprint density at radius 3 is 3.06 bits per heavy atom. The number of nitrogen functional groups attached to an aromatic ring is 1. The van der Waals surface area contributed by atoms with Gasteiger partial charge in [0.05, 0.1) is 6.10 Å². The number of rotatable bonds is 0. The molecule has 1 saturated heterocycles. The highest BCUT2D eigenvalue weighted by molar-refractivity contribution is 5.52. The third kappa shape index (κ3) is 1.43. The molecule has 2 unspecified atom stereocenters. The van der Waals surface area contributed by atoms with Crippen molar-refractivity contribution in [2.75, 3.05) is 12.3 Å². The summed E-state index contributed by atoms with van der Waals surface area (Å²) < 4.78 is 0. The second kappa shape index (κ2) is 3.75. The highest BCUT2D eigenvalue weighted by Crippen LogP contribution is 2.38. The molecule has 3 rings (SSSR count). The highest BCUT2D eigenvalue weighted by atomic mass is 16.3. The quantitative estimate of drug-likeness (QED) is 0.651. The Balaban J connectivity index is 2.03. The monoisotopic (exact) mass is 218 g/mol. The Morgan fingerprint density at radius 1 is 1.31 bits per heavy atom. The molecule has 1 fully saturated rings. The number of fused-ring (bicyclic) bond motifs is 2. The molecule has 1 aromatic rings. The van der Waals surface area contributed by atoms with Crippen molar-refractivity contribution in [2.24, 2.45) is 0 Å². The first-order valence-electron chi connectivity index (χ1n) is 6.07. The minimum atomic E-state index is -0.354. The van der Waals surface area contributed by atoms with Gasteiger partial charge in [-0.25, -0.2) is 0 Å². The van der Waals surface area contributed by atoms with E-state index in [-0.39, 0.29) is 6.10 Å². The molecule has 2 heterocycles. The molecule has 0 bridgehead atoms. The van der Waals surface area contributed by atoms with Gasteiger partial charge in [0.2, 0.25) is 0 Å². The van der Waals surface area contributed by atoms with Gasteiger partial charge in [-0.3, -0.25) is 4.90 Å². The van der Waals surface area contributed by atoms with Crippen molar-refractivity contribution in [3.63, 3.8) is 0 Å². The van der Waals surface area contributed by atoms with E-state index in [0.717, 1.165) is 36.3 Å². The Bertz CT molecular complexity index is 405. The predicted molar refractivity (Wildman–Crippen MR) is 63.9 cm³/mol. The molecule has 0 amide bonds. The molecule has 3 N–H and O–H groups in total. The van der Waals surface area contributed by atoms with Gasteiger partial charge in [0.25, 0.3) is 0 Å². The van der Waals surface area contributed by atoms with Crippen molar-refractivity contribution < 1.29 is 5.11 Å². The Kier molecular flexibility index (Phi) is 2.37. The smallest absolute Gasteiger partial charge is 0.0949 e. The molecule has 0 saturated carbocycles. The van der Waals surface area contributed by atoms with E-state index in [4.69, 9.17) is 5.73 Å². The number of benzene rings is 1. The molecule has 0 aliphatic carbocycles. The maximum Gasteiger partial charge on any atom is 0.0949 e. The van der Waals surface area contributed by atoms with E-state index in [1.54, 1.807) is 0 Å². The van der Waals surface area contributed by atoms with Gasteiger partial charge in [-0.2, -0.15) is 0 Å². The molecule has 0 spiro atoms. The molecular weight excluding hydrogens is 200 g/mol. The Hall–Kier alpha value is -1.06. The predicted octanol–water partition coefficient (Wildman–Crippen LogP) is 1.67. The number of piperidine rings is 1. The average Bonchev–Trinajstić information content (AvgIpc) is 2.31. The first kappa shape index (κ1) is 10.1. The van der Waals surface area contributed by atoms with Crippen molar-refractivity contribution in [2.45, 2.75) is 38.0 Å². The molecule has 3 nitrogen and oxygen atoms in total. The summed E-state index contributed by atoms with van der Waals surface area (Å²) in [6.45, 7) is 2.00. The SMILES string of the molecule is Nc1cccc2c1CN1CCCCC1C2O. The topological polar surface area (TPSA) is 49.5 Å². The van der Waals surface area contributed by atoms with Crippen LogP contribution in [0.25, 0.3) is 0 Å². The summed E-state index contributed by atoms with van der Waals surface area (Å²) in [6.07, 6.45) is 3.23. The van der Waals surface area contributed by atoms with E-state index >= 15 is 0 Å². The van der Waals surface area contributed by atoms with Gasteiger partial charge in [0, 0.05) is 18.3 Å². The Morgan fingerprint density at radius 2 is 2.19 bits per heavy atom. The molecule has 1 aromatic carbocycles. The van der Waals surface area contributed by atoms with E-state index in [0.29, 0.717) is 6.04 Å². The zero-order valence-corrected chi connectivity index (χ0v) is 9.39. The van der Waals surface area contributed by atoms with Crippen LogP contribution < -0.4 is 5.73 Å². The maximum absolute atomic E-state index is 10.4. The average molecular weight is 218 g/mol. The zero-order valence-electron chi connectivity index (χ0n) is 9.39. The van der Waals surface area contributed by atoms with Crippen molar-refractivity contribution in [1.29, 1.82) is 0 Å². The van der Waals surface area contributed by atoms with Gasteiger partial charge in [-0.05, 0) is 36.6 Å². The van der Waals surface area contributed by atoms with Crippen LogP contribution >= 0.6 is 0 Å². The molecular formula is C13H18N2O. The van der Waals surface area contributed by atoms with E-state index in [2.05, 4.69) is 4.90 Å². The maximum atomic E-state index is 10.4. The lowest BCUT2D eigenvalue weighted by Gasteiger charge is -2.43. The molecule has 2 aliphatic rings. The van der Waals surface area contributed by atoms with Gasteiger partial charge < -0.3 is 10.8 Å². The Labute approximate surface area is 95.9 Å². The van der Waals surface area contributed by atoms with Crippen LogP contribution in [0.15, 0.2) is 18.2 Å². The van der Waals surface area contributed by atoms with Crippen LogP contribution in [0, 0.1) is 0 Å². The number of hydrogen-bond donors (Lipinski definition) is 2. The molecule has 16 heavy (non-hydrogen) atoms. The molecule has 86 valence electrons. The van der Waals surface area contributed by atoms with Crippen LogP contribution in [0.5, 0.6) is 0 Å². The summed E-state index contributed by atoms with van der Waals surface area (Å²) in [7, 11) is 0. The summed E-state index contributed by atoms with van der Waals surface area (Å²) in [5.41, 5.74) is 8.98. The third-order valence-corrected chi connectivity index (χ3v) is 3.96. The van der Waals surface area contributed by atoms with Crippen LogP contribution in [0.1, 0.15) is 36.5 Å². The fraction of sp³-hybridized carbons (Fsp3) is 0.538. The van der Waals surface area contributed by atoms with Gasteiger partial charge in [0.15, 0.2) is 0 Å². The van der Waals surface area contributed by atoms with Crippen molar-refractivity contribution in [1.82, 2.24) is 4.90 Å². The molecule has 0 radical (unpaired) electrons. The molecule has 3 heteroatoms. The van der Waals surface area contributed by atoms with Crippen molar-refractivity contribution >= 4 is 5.69 Å². The summed E-state index contributed by atoms with van der Waals surface area (Å²) in [6, 6.07) is 6.19. The van der Waals surface area contributed by atoms with E-state index in [1.807, 2.05) is 18.2 Å². The van der Waals surface area contributed by atoms with Gasteiger partial charge in [-0.1, -0.05) is 18.6 Å². The van der Waals surface area contributed by atoms with Gasteiger partial charge >= 0.3 is 0 Å². The third-order valence-electron chi connectivity index (χ3n) is 3.96. The summed E-state index contributed by atoms with van der Waals surface area (Å²) in [4.78, 5) is 2.38. The molecule has 0 aromatic heterocycles. The van der Waals surface area contributed by atoms with Crippen LogP contribution in [-0.4, -0.2) is 22.6 Å². The number of aliphatic hydroxyl groups is 1. The first-order chi connectivity index (χ1) is 7.77. The summed E-state index contributed by atoms with van der Waals surface area (Å²) >= 11 is 0. The number of aliphatic hydroxyl groups excluding tert-OH is 1. The van der Waals surface area contributed by atoms with E-state index < -0.39 is 0 Å². The molecule has 2 atom stereocenters. The minimum Gasteiger partial charge on any atom is -0.398 e. The standard InChI is InChI=1S/C13H18N2O/c14-11-5-3-4-9-10(11)8-15-7-2-1-6-12(15)13(9)16/h3-5,12-13,16H,1-2,6-8,14H2. The van der Waals surface area contributed by atoms with Crippen LogP contribution in [0.3, 0.4) is 0 Å². The number of anilines is 1. The number of hydrogen-bond acceptors (Lipinski definition) is 3. The van der Waals surface area contributed by atoms with E-state index in [9.17, 15) is 5.11 Å². The van der Waals surface area contributed by atoms with Crippen molar-refractivity contribution in [3.05, 3.63) is 29.3 Å². The summed E-state index contributed by atoms with van der Waals surface area (Å²) in [5, 5.41) is 10.4. The minimum absolute atomic E-state index is 0.308. The zero-order chi connectivity index (χ0) is 11.1. The van der Waals surface area contributed by atoms with Crippen molar-refractivity contribution in [3.8, 4) is 0 Å². The van der Waals surface area contributed by atoms with Crippen LogP contribution in [-0.2, 0) is 6.54 Å². The second-order valence-electron chi connectivity index (χ2n) is 4.89. The fourth-order valence-corrected chi connectivity index (χ4v) is 3.06. The second-order valence-corrected chi connectivity index (χ2v) is 4.89. The van der Waals surface area contributed by atoms with E-state index in [1.165, 1.54) is 12.8 Å². The lowest BCUT2D eigenvalue weighted by molar-refractivity contribution is 0.00628. The summed E-state index contributed by atoms with van der Waals surface area (Å²) in [5.74, 6) is 0. The largest absolute Gasteiger partial charge is 0.398 e. The fourth-order valence-electron chi connectivity index (χ4n) is 3.06.